The molecule has 0 spiro atoms. The maximum absolute atomic E-state index is 12.6. The molecule has 2 N–H and O–H groups in total. The summed E-state index contributed by atoms with van der Waals surface area (Å²) < 4.78 is 10.6. The zero-order chi connectivity index (χ0) is 21.6. The molecule has 2 aliphatic heterocycles. The standard InChI is InChI=1S/C23H25N3O5/c27-21(12-16-4-2-1-3-5-16)24-14-22(28)26-10-8-17(9-11-26)23(29)25-18-6-7-19-20(13-18)31-15-30-19/h1-7,13,17H,8-12,14-15H2,(H,24,27)(H,25,29). The molecule has 1 fully saturated rings. The fourth-order valence-corrected chi connectivity index (χ4v) is 3.74. The van der Waals surface area contributed by atoms with Crippen LogP contribution in [0.3, 0.4) is 0 Å². The molecule has 4 rings (SSSR count). The van der Waals surface area contributed by atoms with Gasteiger partial charge in [0.15, 0.2) is 11.5 Å². The highest BCUT2D eigenvalue weighted by molar-refractivity contribution is 5.93. The summed E-state index contributed by atoms with van der Waals surface area (Å²) in [5.41, 5.74) is 1.57. The Labute approximate surface area is 180 Å². The van der Waals surface area contributed by atoms with Crippen LogP contribution in [0, 0.1) is 5.92 Å². The van der Waals surface area contributed by atoms with Crippen molar-refractivity contribution >= 4 is 23.4 Å². The first kappa shape index (κ1) is 20.7. The van der Waals surface area contributed by atoms with Crippen molar-refractivity contribution < 1.29 is 23.9 Å². The molecule has 2 aromatic rings. The highest BCUT2D eigenvalue weighted by Crippen LogP contribution is 2.34. The molecule has 0 unspecified atom stereocenters. The molecule has 3 amide bonds. The summed E-state index contributed by atoms with van der Waals surface area (Å²) in [7, 11) is 0. The van der Waals surface area contributed by atoms with Gasteiger partial charge in [-0.1, -0.05) is 30.3 Å². The lowest BCUT2D eigenvalue weighted by Crippen LogP contribution is -2.45. The van der Waals surface area contributed by atoms with E-state index in [1.165, 1.54) is 0 Å². The molecule has 8 heteroatoms. The Morgan fingerprint density at radius 3 is 2.48 bits per heavy atom. The van der Waals surface area contributed by atoms with Crippen molar-refractivity contribution in [1.29, 1.82) is 0 Å². The number of anilines is 1. The lowest BCUT2D eigenvalue weighted by molar-refractivity contribution is -0.135. The first-order valence-corrected chi connectivity index (χ1v) is 10.4. The van der Waals surface area contributed by atoms with Gasteiger partial charge in [-0.3, -0.25) is 14.4 Å². The number of likely N-dealkylation sites (tertiary alicyclic amines) is 1. The largest absolute Gasteiger partial charge is 0.454 e. The number of piperidine rings is 1. The predicted octanol–water partition coefficient (Wildman–Crippen LogP) is 1.95. The van der Waals surface area contributed by atoms with E-state index in [-0.39, 0.29) is 43.4 Å². The zero-order valence-electron chi connectivity index (χ0n) is 17.1. The molecular formula is C23H25N3O5. The number of hydrogen-bond acceptors (Lipinski definition) is 5. The van der Waals surface area contributed by atoms with Crippen LogP contribution in [-0.2, 0) is 20.8 Å². The average Bonchev–Trinajstić information content (AvgIpc) is 3.26. The van der Waals surface area contributed by atoms with Crippen LogP contribution in [0.5, 0.6) is 11.5 Å². The second kappa shape index (κ2) is 9.51. The number of rotatable bonds is 6. The SMILES string of the molecule is O=C(Cc1ccccc1)NCC(=O)N1CCC(C(=O)Nc2ccc3c(c2)OCO3)CC1. The molecule has 2 aromatic carbocycles. The third-order valence-corrected chi connectivity index (χ3v) is 5.50. The average molecular weight is 423 g/mol. The summed E-state index contributed by atoms with van der Waals surface area (Å²) in [5.74, 6) is 0.742. The molecule has 0 saturated carbocycles. The van der Waals surface area contributed by atoms with Gasteiger partial charge in [-0.05, 0) is 30.5 Å². The van der Waals surface area contributed by atoms with Crippen LogP contribution >= 0.6 is 0 Å². The van der Waals surface area contributed by atoms with Crippen molar-refractivity contribution in [3.63, 3.8) is 0 Å². The molecule has 0 bridgehead atoms. The van der Waals surface area contributed by atoms with Crippen LogP contribution in [0.2, 0.25) is 0 Å². The van der Waals surface area contributed by atoms with E-state index in [4.69, 9.17) is 9.47 Å². The second-order valence-electron chi connectivity index (χ2n) is 7.65. The van der Waals surface area contributed by atoms with Gasteiger partial charge in [0.25, 0.3) is 0 Å². The second-order valence-corrected chi connectivity index (χ2v) is 7.65. The normalized spacial score (nSPS) is 15.4. The summed E-state index contributed by atoms with van der Waals surface area (Å²) in [6.45, 7) is 1.14. The van der Waals surface area contributed by atoms with Gasteiger partial charge in [0.05, 0.1) is 13.0 Å². The Kier molecular flexibility index (Phi) is 6.35. The molecule has 1 saturated heterocycles. The van der Waals surface area contributed by atoms with Gasteiger partial charge in [-0.25, -0.2) is 0 Å². The molecule has 0 aromatic heterocycles. The molecule has 162 valence electrons. The van der Waals surface area contributed by atoms with E-state index >= 15 is 0 Å². The Morgan fingerprint density at radius 1 is 0.968 bits per heavy atom. The maximum atomic E-state index is 12.6. The van der Waals surface area contributed by atoms with Crippen molar-refractivity contribution in [1.82, 2.24) is 10.2 Å². The van der Waals surface area contributed by atoms with E-state index in [1.54, 1.807) is 23.1 Å². The molecule has 8 nitrogen and oxygen atoms in total. The number of benzene rings is 2. The smallest absolute Gasteiger partial charge is 0.241 e. The van der Waals surface area contributed by atoms with Crippen molar-refractivity contribution in [2.45, 2.75) is 19.3 Å². The summed E-state index contributed by atoms with van der Waals surface area (Å²) in [6, 6.07) is 14.7. The number of nitrogens with zero attached hydrogens (tertiary/aromatic N) is 1. The van der Waals surface area contributed by atoms with Crippen LogP contribution in [0.15, 0.2) is 48.5 Å². The highest BCUT2D eigenvalue weighted by Gasteiger charge is 2.27. The van der Waals surface area contributed by atoms with Crippen molar-refractivity contribution in [3.8, 4) is 11.5 Å². The van der Waals surface area contributed by atoms with E-state index in [1.807, 2.05) is 30.3 Å². The summed E-state index contributed by atoms with van der Waals surface area (Å²) >= 11 is 0. The summed E-state index contributed by atoms with van der Waals surface area (Å²) in [6.07, 6.45) is 1.41. The minimum atomic E-state index is -0.183. The minimum Gasteiger partial charge on any atom is -0.454 e. The van der Waals surface area contributed by atoms with Gasteiger partial charge >= 0.3 is 0 Å². The van der Waals surface area contributed by atoms with Crippen molar-refractivity contribution in [2.24, 2.45) is 5.92 Å². The lowest BCUT2D eigenvalue weighted by atomic mass is 9.95. The van der Waals surface area contributed by atoms with E-state index < -0.39 is 0 Å². The van der Waals surface area contributed by atoms with Crippen LogP contribution < -0.4 is 20.1 Å². The number of hydrogen-bond donors (Lipinski definition) is 2. The summed E-state index contributed by atoms with van der Waals surface area (Å²) in [5, 5.41) is 5.60. The highest BCUT2D eigenvalue weighted by atomic mass is 16.7. The van der Waals surface area contributed by atoms with Crippen LogP contribution in [0.1, 0.15) is 18.4 Å². The molecule has 2 aliphatic rings. The molecule has 31 heavy (non-hydrogen) atoms. The molecule has 2 heterocycles. The number of amides is 3. The monoisotopic (exact) mass is 423 g/mol. The first-order chi connectivity index (χ1) is 15.1. The molecule has 0 atom stereocenters. The minimum absolute atomic E-state index is 0.0280. The van der Waals surface area contributed by atoms with Crippen molar-refractivity contribution in [2.75, 3.05) is 31.7 Å². The first-order valence-electron chi connectivity index (χ1n) is 10.4. The van der Waals surface area contributed by atoms with Gasteiger partial charge in [-0.2, -0.15) is 0 Å². The van der Waals surface area contributed by atoms with Crippen LogP contribution in [0.4, 0.5) is 5.69 Å². The predicted molar refractivity (Wildman–Crippen MR) is 114 cm³/mol. The van der Waals surface area contributed by atoms with Crippen molar-refractivity contribution in [3.05, 3.63) is 54.1 Å². The zero-order valence-corrected chi connectivity index (χ0v) is 17.1. The Morgan fingerprint density at radius 2 is 1.71 bits per heavy atom. The molecule has 0 radical (unpaired) electrons. The quantitative estimate of drug-likeness (QED) is 0.740. The van der Waals surface area contributed by atoms with E-state index in [0.717, 1.165) is 5.56 Å². The fraction of sp³-hybridized carbons (Fsp3) is 0.348. The third kappa shape index (κ3) is 5.33. The number of nitrogens with one attached hydrogen (secondary N) is 2. The lowest BCUT2D eigenvalue weighted by Gasteiger charge is -2.31. The Hall–Kier alpha value is -3.55. The Bertz CT molecular complexity index is 955. The summed E-state index contributed by atoms with van der Waals surface area (Å²) in [4.78, 5) is 38.7. The number of fused-ring (bicyclic) bond motifs is 1. The maximum Gasteiger partial charge on any atom is 0.241 e. The molecular weight excluding hydrogens is 398 g/mol. The number of ether oxygens (including phenoxy) is 2. The van der Waals surface area contributed by atoms with Gasteiger partial charge < -0.3 is 25.0 Å². The van der Waals surface area contributed by atoms with Crippen LogP contribution in [0.25, 0.3) is 0 Å². The van der Waals surface area contributed by atoms with E-state index in [0.29, 0.717) is 43.1 Å². The topological polar surface area (TPSA) is 97.0 Å². The van der Waals surface area contributed by atoms with Gasteiger partial charge in [0.1, 0.15) is 0 Å². The van der Waals surface area contributed by atoms with Crippen LogP contribution in [-0.4, -0.2) is 49.0 Å². The number of carbonyl (C=O) groups is 3. The number of carbonyl (C=O) groups excluding carboxylic acids is 3. The van der Waals surface area contributed by atoms with E-state index in [2.05, 4.69) is 10.6 Å². The van der Waals surface area contributed by atoms with Gasteiger partial charge in [0.2, 0.25) is 24.5 Å². The van der Waals surface area contributed by atoms with Gasteiger partial charge in [0, 0.05) is 30.8 Å². The Balaban J connectivity index is 1.19. The van der Waals surface area contributed by atoms with E-state index in [9.17, 15) is 14.4 Å². The molecule has 0 aliphatic carbocycles. The fourth-order valence-electron chi connectivity index (χ4n) is 3.74. The van der Waals surface area contributed by atoms with Gasteiger partial charge in [-0.15, -0.1) is 0 Å². The third-order valence-electron chi connectivity index (χ3n) is 5.50.